The molecule has 0 amide bonds. The summed E-state index contributed by atoms with van der Waals surface area (Å²) in [4.78, 5) is 8.79. The summed E-state index contributed by atoms with van der Waals surface area (Å²) in [6, 6.07) is 0. The van der Waals surface area contributed by atoms with Crippen LogP contribution in [-0.4, -0.2) is 16.5 Å². The van der Waals surface area contributed by atoms with Gasteiger partial charge in [0.05, 0.1) is 6.54 Å². The molecule has 0 spiro atoms. The van der Waals surface area contributed by atoms with Crippen LogP contribution in [0.1, 0.15) is 29.7 Å². The molecule has 0 aliphatic heterocycles. The second-order valence-electron chi connectivity index (χ2n) is 3.22. The van der Waals surface area contributed by atoms with Gasteiger partial charge in [-0.15, -0.1) is 0 Å². The lowest BCUT2D eigenvalue weighted by Crippen LogP contribution is -2.15. The van der Waals surface area contributed by atoms with Crippen molar-refractivity contribution in [2.24, 2.45) is 0 Å². The lowest BCUT2D eigenvalue weighted by atomic mass is 10.2. The van der Waals surface area contributed by atoms with E-state index in [0.717, 1.165) is 30.3 Å². The third kappa shape index (κ3) is 2.49. The maximum absolute atomic E-state index is 4.40. The molecular formula is C10H17N3. The summed E-state index contributed by atoms with van der Waals surface area (Å²) in [7, 11) is 0. The van der Waals surface area contributed by atoms with E-state index in [0.29, 0.717) is 0 Å². The molecule has 1 aromatic rings. The molecule has 0 aromatic carbocycles. The van der Waals surface area contributed by atoms with E-state index in [9.17, 15) is 0 Å². The van der Waals surface area contributed by atoms with Crippen molar-refractivity contribution in [1.82, 2.24) is 15.3 Å². The molecule has 0 radical (unpaired) electrons. The molecule has 1 N–H and O–H groups in total. The smallest absolute Gasteiger partial charge is 0.142 e. The maximum atomic E-state index is 4.40. The fourth-order valence-electron chi connectivity index (χ4n) is 1.16. The van der Waals surface area contributed by atoms with Crippen LogP contribution in [0.2, 0.25) is 0 Å². The molecule has 3 heteroatoms. The monoisotopic (exact) mass is 179 g/mol. The van der Waals surface area contributed by atoms with Gasteiger partial charge >= 0.3 is 0 Å². The summed E-state index contributed by atoms with van der Waals surface area (Å²) in [6.07, 6.45) is 0. The molecule has 0 saturated heterocycles. The van der Waals surface area contributed by atoms with Crippen molar-refractivity contribution in [2.45, 2.75) is 34.2 Å². The normalized spacial score (nSPS) is 10.5. The van der Waals surface area contributed by atoms with Crippen molar-refractivity contribution in [1.29, 1.82) is 0 Å². The van der Waals surface area contributed by atoms with Gasteiger partial charge in [0.1, 0.15) is 5.82 Å². The number of aromatic nitrogens is 2. The molecule has 72 valence electrons. The van der Waals surface area contributed by atoms with Crippen LogP contribution >= 0.6 is 0 Å². The predicted octanol–water partition coefficient (Wildman–Crippen LogP) is 1.51. The number of aryl methyl sites for hydroxylation is 2. The highest BCUT2D eigenvalue weighted by Gasteiger charge is 2.02. The quantitative estimate of drug-likeness (QED) is 0.764. The Morgan fingerprint density at radius 2 is 1.62 bits per heavy atom. The fourth-order valence-corrected chi connectivity index (χ4v) is 1.16. The van der Waals surface area contributed by atoms with Crippen LogP contribution in [0.5, 0.6) is 0 Å². The van der Waals surface area contributed by atoms with Crippen molar-refractivity contribution < 1.29 is 0 Å². The highest BCUT2D eigenvalue weighted by molar-refractivity contribution is 5.22. The largest absolute Gasteiger partial charge is 0.310 e. The third-order valence-corrected chi connectivity index (χ3v) is 2.21. The number of rotatable bonds is 3. The Balaban J connectivity index is 2.86. The van der Waals surface area contributed by atoms with Gasteiger partial charge in [-0.1, -0.05) is 6.92 Å². The van der Waals surface area contributed by atoms with Gasteiger partial charge in [-0.3, -0.25) is 0 Å². The van der Waals surface area contributed by atoms with E-state index in [2.05, 4.69) is 29.1 Å². The zero-order valence-corrected chi connectivity index (χ0v) is 8.81. The van der Waals surface area contributed by atoms with E-state index in [1.807, 2.05) is 13.8 Å². The maximum Gasteiger partial charge on any atom is 0.142 e. The number of hydrogen-bond donors (Lipinski definition) is 1. The van der Waals surface area contributed by atoms with Gasteiger partial charge in [0.2, 0.25) is 0 Å². The summed E-state index contributed by atoms with van der Waals surface area (Å²) >= 11 is 0. The van der Waals surface area contributed by atoms with E-state index in [4.69, 9.17) is 0 Å². The number of nitrogens with zero attached hydrogens (tertiary/aromatic N) is 2. The lowest BCUT2D eigenvalue weighted by molar-refractivity contribution is 0.682. The minimum absolute atomic E-state index is 0.762. The Morgan fingerprint density at radius 1 is 1.08 bits per heavy atom. The van der Waals surface area contributed by atoms with Crippen LogP contribution in [0.4, 0.5) is 0 Å². The molecule has 3 nitrogen and oxygen atoms in total. The van der Waals surface area contributed by atoms with Crippen molar-refractivity contribution in [2.75, 3.05) is 6.54 Å². The van der Waals surface area contributed by atoms with Crippen LogP contribution in [0, 0.1) is 20.8 Å². The van der Waals surface area contributed by atoms with Gasteiger partial charge in [-0.25, -0.2) is 9.97 Å². The molecule has 0 fully saturated rings. The first kappa shape index (κ1) is 10.1. The van der Waals surface area contributed by atoms with Crippen molar-refractivity contribution in [3.63, 3.8) is 0 Å². The highest BCUT2D eigenvalue weighted by Crippen LogP contribution is 2.07. The van der Waals surface area contributed by atoms with E-state index in [1.54, 1.807) is 0 Å². The van der Waals surface area contributed by atoms with Gasteiger partial charge < -0.3 is 5.32 Å². The van der Waals surface area contributed by atoms with Crippen LogP contribution in [0.15, 0.2) is 0 Å². The van der Waals surface area contributed by atoms with Crippen molar-refractivity contribution >= 4 is 0 Å². The highest BCUT2D eigenvalue weighted by atomic mass is 15.0. The SMILES string of the molecule is CCNCc1nc(C)c(C)c(C)n1. The Bertz CT molecular complexity index is 271. The topological polar surface area (TPSA) is 37.8 Å². The predicted molar refractivity (Wildman–Crippen MR) is 53.6 cm³/mol. The van der Waals surface area contributed by atoms with E-state index in [-0.39, 0.29) is 0 Å². The first-order chi connectivity index (χ1) is 6.15. The summed E-state index contributed by atoms with van der Waals surface area (Å²) in [5.74, 6) is 0.891. The summed E-state index contributed by atoms with van der Waals surface area (Å²) in [5.41, 5.74) is 3.36. The van der Waals surface area contributed by atoms with Crippen molar-refractivity contribution in [3.8, 4) is 0 Å². The molecular weight excluding hydrogens is 162 g/mol. The van der Waals surface area contributed by atoms with Gasteiger partial charge in [0.15, 0.2) is 0 Å². The third-order valence-electron chi connectivity index (χ3n) is 2.21. The first-order valence-electron chi connectivity index (χ1n) is 4.66. The fraction of sp³-hybridized carbons (Fsp3) is 0.600. The first-order valence-corrected chi connectivity index (χ1v) is 4.66. The van der Waals surface area contributed by atoms with Gasteiger partial charge in [-0.05, 0) is 32.9 Å². The zero-order valence-electron chi connectivity index (χ0n) is 8.81. The van der Waals surface area contributed by atoms with Crippen LogP contribution in [0.25, 0.3) is 0 Å². The van der Waals surface area contributed by atoms with Crippen LogP contribution in [-0.2, 0) is 6.54 Å². The van der Waals surface area contributed by atoms with Gasteiger partial charge in [0, 0.05) is 11.4 Å². The Labute approximate surface area is 79.6 Å². The minimum Gasteiger partial charge on any atom is -0.310 e. The minimum atomic E-state index is 0.762. The zero-order chi connectivity index (χ0) is 9.84. The standard InChI is InChI=1S/C10H17N3/c1-5-11-6-10-12-8(3)7(2)9(4)13-10/h11H,5-6H2,1-4H3. The molecule has 13 heavy (non-hydrogen) atoms. The average molecular weight is 179 g/mol. The Kier molecular flexibility index (Phi) is 3.37. The Morgan fingerprint density at radius 3 is 2.08 bits per heavy atom. The van der Waals surface area contributed by atoms with E-state index in [1.165, 1.54) is 5.56 Å². The molecule has 0 atom stereocenters. The average Bonchev–Trinajstić information content (AvgIpc) is 2.10. The number of hydrogen-bond acceptors (Lipinski definition) is 3. The number of nitrogens with one attached hydrogen (secondary N) is 1. The summed E-state index contributed by atoms with van der Waals surface area (Å²) in [5, 5.41) is 3.21. The molecule has 0 aliphatic rings. The summed E-state index contributed by atoms with van der Waals surface area (Å²) in [6.45, 7) is 9.91. The molecule has 0 unspecified atom stereocenters. The molecule has 1 rings (SSSR count). The van der Waals surface area contributed by atoms with Gasteiger partial charge in [-0.2, -0.15) is 0 Å². The molecule has 1 heterocycles. The van der Waals surface area contributed by atoms with Crippen molar-refractivity contribution in [3.05, 3.63) is 22.8 Å². The second kappa shape index (κ2) is 4.33. The second-order valence-corrected chi connectivity index (χ2v) is 3.22. The summed E-state index contributed by atoms with van der Waals surface area (Å²) < 4.78 is 0. The molecule has 1 aromatic heterocycles. The lowest BCUT2D eigenvalue weighted by Gasteiger charge is -2.06. The van der Waals surface area contributed by atoms with Gasteiger partial charge in [0.25, 0.3) is 0 Å². The van der Waals surface area contributed by atoms with Crippen LogP contribution in [0.3, 0.4) is 0 Å². The van der Waals surface area contributed by atoms with Crippen LogP contribution < -0.4 is 5.32 Å². The van der Waals surface area contributed by atoms with E-state index >= 15 is 0 Å². The van der Waals surface area contributed by atoms with E-state index < -0.39 is 0 Å². The molecule has 0 aliphatic carbocycles. The molecule has 0 saturated carbocycles. The Hall–Kier alpha value is -0.960. The molecule has 0 bridgehead atoms.